The lowest BCUT2D eigenvalue weighted by Crippen LogP contribution is -2.14. The molecule has 0 aliphatic heterocycles. The second-order valence-corrected chi connectivity index (χ2v) is 13.0. The highest BCUT2D eigenvalue weighted by Crippen LogP contribution is 2.53. The first-order valence-electron chi connectivity index (χ1n) is 16.3. The highest BCUT2D eigenvalue weighted by Gasteiger charge is 2.36. The second-order valence-electron chi connectivity index (χ2n) is 13.0. The molecule has 2 heteroatoms. The van der Waals surface area contributed by atoms with Gasteiger partial charge in [-0.1, -0.05) is 166 Å². The Morgan fingerprint density at radius 3 is 1.83 bits per heavy atom. The summed E-state index contributed by atoms with van der Waals surface area (Å²) in [6.07, 6.45) is 0. The van der Waals surface area contributed by atoms with Crippen molar-refractivity contribution in [2.45, 2.75) is 19.3 Å². The highest BCUT2D eigenvalue weighted by atomic mass is 14.9. The normalized spacial score (nSPS) is 13.1. The lowest BCUT2D eigenvalue weighted by Gasteiger charge is -2.22. The molecule has 47 heavy (non-hydrogen) atoms. The third kappa shape index (κ3) is 4.33. The molecule has 1 aliphatic carbocycles. The van der Waals surface area contributed by atoms with E-state index in [1.54, 1.807) is 0 Å². The molecule has 9 rings (SSSR count). The Bertz CT molecular complexity index is 2490. The Labute approximate surface area is 275 Å². The molecule has 1 heterocycles. The van der Waals surface area contributed by atoms with E-state index in [-0.39, 0.29) is 5.41 Å². The van der Waals surface area contributed by atoms with Crippen LogP contribution in [0.3, 0.4) is 0 Å². The van der Waals surface area contributed by atoms with Gasteiger partial charge in [-0.15, -0.1) is 0 Å². The molecular formula is C45H32N2. The molecular weight excluding hydrogens is 569 g/mol. The van der Waals surface area contributed by atoms with E-state index in [9.17, 15) is 0 Å². The van der Waals surface area contributed by atoms with Gasteiger partial charge in [0, 0.05) is 22.1 Å². The fourth-order valence-electron chi connectivity index (χ4n) is 7.62. The maximum absolute atomic E-state index is 5.30. The number of hydrogen-bond acceptors (Lipinski definition) is 2. The maximum Gasteiger partial charge on any atom is 0.161 e. The van der Waals surface area contributed by atoms with Crippen LogP contribution < -0.4 is 0 Å². The predicted octanol–water partition coefficient (Wildman–Crippen LogP) is 11.8. The molecule has 0 bridgehead atoms. The summed E-state index contributed by atoms with van der Waals surface area (Å²) >= 11 is 0. The average molecular weight is 601 g/mol. The van der Waals surface area contributed by atoms with E-state index in [1.165, 1.54) is 49.5 Å². The molecule has 0 saturated heterocycles. The number of nitrogens with zero attached hydrogens (tertiary/aromatic N) is 2. The minimum Gasteiger partial charge on any atom is -0.228 e. The van der Waals surface area contributed by atoms with Gasteiger partial charge in [-0.2, -0.15) is 0 Å². The van der Waals surface area contributed by atoms with Crippen molar-refractivity contribution < 1.29 is 0 Å². The highest BCUT2D eigenvalue weighted by molar-refractivity contribution is 6.08. The largest absolute Gasteiger partial charge is 0.228 e. The summed E-state index contributed by atoms with van der Waals surface area (Å²) in [7, 11) is 0. The van der Waals surface area contributed by atoms with Crippen LogP contribution in [-0.4, -0.2) is 9.97 Å². The molecule has 0 amide bonds. The van der Waals surface area contributed by atoms with Crippen LogP contribution in [0.2, 0.25) is 0 Å². The van der Waals surface area contributed by atoms with Crippen LogP contribution in [0.4, 0.5) is 0 Å². The van der Waals surface area contributed by atoms with E-state index >= 15 is 0 Å². The molecule has 0 radical (unpaired) electrons. The van der Waals surface area contributed by atoms with E-state index in [4.69, 9.17) is 9.97 Å². The van der Waals surface area contributed by atoms with Crippen molar-refractivity contribution in [2.75, 3.05) is 0 Å². The Kier molecular flexibility index (Phi) is 6.20. The van der Waals surface area contributed by atoms with Crippen LogP contribution in [0.1, 0.15) is 25.0 Å². The number of rotatable bonds is 4. The van der Waals surface area contributed by atoms with Gasteiger partial charge in [-0.05, 0) is 61.0 Å². The Balaban J connectivity index is 1.28. The van der Waals surface area contributed by atoms with Crippen LogP contribution in [0.25, 0.3) is 77.7 Å². The lowest BCUT2D eigenvalue weighted by molar-refractivity contribution is 0.660. The van der Waals surface area contributed by atoms with Gasteiger partial charge in [0.1, 0.15) is 0 Å². The number of aromatic nitrogens is 2. The van der Waals surface area contributed by atoms with Crippen molar-refractivity contribution in [3.05, 3.63) is 169 Å². The quantitative estimate of drug-likeness (QED) is 0.201. The Hall–Kier alpha value is -5.86. The summed E-state index contributed by atoms with van der Waals surface area (Å²) in [6.45, 7) is 4.69. The third-order valence-corrected chi connectivity index (χ3v) is 9.92. The Morgan fingerprint density at radius 2 is 0.979 bits per heavy atom. The first kappa shape index (κ1) is 27.5. The first-order valence-corrected chi connectivity index (χ1v) is 16.3. The van der Waals surface area contributed by atoms with Crippen LogP contribution in [0, 0.1) is 0 Å². The molecule has 8 aromatic rings. The third-order valence-electron chi connectivity index (χ3n) is 9.92. The van der Waals surface area contributed by atoms with Gasteiger partial charge in [0.25, 0.3) is 0 Å². The topological polar surface area (TPSA) is 25.8 Å². The Morgan fingerprint density at radius 1 is 0.404 bits per heavy atom. The fourth-order valence-corrected chi connectivity index (χ4v) is 7.62. The second kappa shape index (κ2) is 10.6. The number of benzene rings is 7. The van der Waals surface area contributed by atoms with Crippen molar-refractivity contribution in [2.24, 2.45) is 0 Å². The lowest BCUT2D eigenvalue weighted by atomic mass is 9.81. The smallest absolute Gasteiger partial charge is 0.161 e. The van der Waals surface area contributed by atoms with Crippen LogP contribution in [-0.2, 0) is 5.41 Å². The van der Waals surface area contributed by atoms with Crippen molar-refractivity contribution >= 4 is 21.5 Å². The predicted molar refractivity (Wildman–Crippen MR) is 196 cm³/mol. The minimum absolute atomic E-state index is 0.0511. The molecule has 0 unspecified atom stereocenters. The zero-order chi connectivity index (χ0) is 31.5. The molecule has 7 aromatic carbocycles. The summed E-state index contributed by atoms with van der Waals surface area (Å²) in [5, 5.41) is 4.71. The molecule has 1 aromatic heterocycles. The maximum atomic E-state index is 5.30. The van der Waals surface area contributed by atoms with Crippen LogP contribution in [0.5, 0.6) is 0 Å². The molecule has 222 valence electrons. The zero-order valence-electron chi connectivity index (χ0n) is 26.4. The van der Waals surface area contributed by atoms with Gasteiger partial charge in [-0.3, -0.25) is 0 Å². The fraction of sp³-hybridized carbons (Fsp3) is 0.0667. The van der Waals surface area contributed by atoms with Gasteiger partial charge in [-0.25, -0.2) is 9.97 Å². The summed E-state index contributed by atoms with van der Waals surface area (Å²) < 4.78 is 0. The van der Waals surface area contributed by atoms with Gasteiger partial charge >= 0.3 is 0 Å². The first-order chi connectivity index (χ1) is 23.1. The molecule has 2 nitrogen and oxygen atoms in total. The number of fused-ring (bicyclic) bond motifs is 5. The standard InChI is InChI=1S/C45H32N2/c1-45(2)39-24-11-10-21-38(39)43-36(22-13-25-40(43)45)34-26-27-35(33-20-9-8-19-32(33)34)42-28-41(30-15-4-3-5-16-30)46-44(47-42)37-23-12-17-29-14-6-7-18-31(29)37/h3-28H,1-2H3. The average Bonchev–Trinajstić information content (AvgIpc) is 3.37. The van der Waals surface area contributed by atoms with Crippen LogP contribution >= 0.6 is 0 Å². The van der Waals surface area contributed by atoms with Gasteiger partial charge in [0.15, 0.2) is 5.82 Å². The number of hydrogen-bond donors (Lipinski definition) is 0. The molecule has 0 atom stereocenters. The van der Waals surface area contributed by atoms with Crippen molar-refractivity contribution in [1.29, 1.82) is 0 Å². The molecule has 0 fully saturated rings. The zero-order valence-corrected chi connectivity index (χ0v) is 26.4. The van der Waals surface area contributed by atoms with E-state index in [0.29, 0.717) is 0 Å². The molecule has 0 N–H and O–H groups in total. The molecule has 0 saturated carbocycles. The minimum atomic E-state index is -0.0511. The van der Waals surface area contributed by atoms with E-state index in [1.807, 2.05) is 6.07 Å². The van der Waals surface area contributed by atoms with Crippen molar-refractivity contribution in [3.63, 3.8) is 0 Å². The SMILES string of the molecule is CC1(C)c2ccccc2-c2c(-c3ccc(-c4cc(-c5ccccc5)nc(-c5cccc6ccccc56)n4)c4ccccc34)cccc21. The van der Waals surface area contributed by atoms with Crippen molar-refractivity contribution in [1.82, 2.24) is 9.97 Å². The summed E-state index contributed by atoms with van der Waals surface area (Å²) in [5.41, 5.74) is 12.9. The van der Waals surface area contributed by atoms with Gasteiger partial charge in [0.05, 0.1) is 11.4 Å². The molecule has 0 spiro atoms. The van der Waals surface area contributed by atoms with E-state index in [0.717, 1.165) is 39.3 Å². The summed E-state index contributed by atoms with van der Waals surface area (Å²) in [6, 6.07) is 56.4. The van der Waals surface area contributed by atoms with E-state index in [2.05, 4.69) is 166 Å². The summed E-state index contributed by atoms with van der Waals surface area (Å²) in [5.74, 6) is 0.728. The van der Waals surface area contributed by atoms with E-state index < -0.39 is 0 Å². The van der Waals surface area contributed by atoms with Crippen molar-refractivity contribution in [3.8, 4) is 56.2 Å². The summed E-state index contributed by atoms with van der Waals surface area (Å²) in [4.78, 5) is 10.5. The van der Waals surface area contributed by atoms with Gasteiger partial charge in [0.2, 0.25) is 0 Å². The van der Waals surface area contributed by atoms with Gasteiger partial charge < -0.3 is 0 Å². The van der Waals surface area contributed by atoms with Crippen LogP contribution in [0.15, 0.2) is 158 Å². The monoisotopic (exact) mass is 600 g/mol. The molecule has 1 aliphatic rings.